The van der Waals surface area contributed by atoms with Crippen molar-refractivity contribution in [2.24, 2.45) is 0 Å². The van der Waals surface area contributed by atoms with Gasteiger partial charge in [0.2, 0.25) is 5.91 Å². The number of rotatable bonds is 7. The largest absolute Gasteiger partial charge is 0.355 e. The number of amides is 1. The number of hydrogen-bond donors (Lipinski definition) is 1. The molecule has 3 aromatic rings. The van der Waals surface area contributed by atoms with Crippen LogP contribution in [-0.4, -0.2) is 22.2 Å². The summed E-state index contributed by atoms with van der Waals surface area (Å²) in [6, 6.07) is 20.6. The van der Waals surface area contributed by atoms with E-state index in [1.165, 1.54) is 12.0 Å². The standard InChI is InChI=1S/C23H25N3O/c27-22(24-18-23(14-7-15-23)20-8-3-1-4-9-20)13-12-19-16-25-26(17-19)21-10-5-2-6-11-21/h1-6,8-11,16-17H,7,12-15,18H2,(H,24,27). The van der Waals surface area contributed by atoms with Crippen molar-refractivity contribution < 1.29 is 4.79 Å². The van der Waals surface area contributed by atoms with Crippen molar-refractivity contribution in [2.45, 2.75) is 37.5 Å². The van der Waals surface area contributed by atoms with E-state index < -0.39 is 0 Å². The van der Waals surface area contributed by atoms with Crippen molar-refractivity contribution >= 4 is 5.91 Å². The van der Waals surface area contributed by atoms with Crippen molar-refractivity contribution in [2.75, 3.05) is 6.54 Å². The van der Waals surface area contributed by atoms with Crippen molar-refractivity contribution in [3.8, 4) is 5.69 Å². The summed E-state index contributed by atoms with van der Waals surface area (Å²) in [7, 11) is 0. The quantitative estimate of drug-likeness (QED) is 0.692. The Bertz CT molecular complexity index is 882. The van der Waals surface area contributed by atoms with E-state index in [4.69, 9.17) is 0 Å². The first-order valence-electron chi connectivity index (χ1n) is 9.66. The van der Waals surface area contributed by atoms with Gasteiger partial charge >= 0.3 is 0 Å². The van der Waals surface area contributed by atoms with E-state index in [0.717, 1.165) is 30.6 Å². The molecule has 1 saturated carbocycles. The molecule has 0 unspecified atom stereocenters. The van der Waals surface area contributed by atoms with Gasteiger partial charge in [0.1, 0.15) is 0 Å². The third-order valence-corrected chi connectivity index (χ3v) is 5.62. The number of aryl methyl sites for hydroxylation is 1. The number of carbonyl (C=O) groups is 1. The van der Waals surface area contributed by atoms with Gasteiger partial charge < -0.3 is 5.32 Å². The van der Waals surface area contributed by atoms with Gasteiger partial charge in [0, 0.05) is 24.6 Å². The fourth-order valence-electron chi connectivity index (χ4n) is 3.79. The minimum Gasteiger partial charge on any atom is -0.355 e. The minimum atomic E-state index is 0.115. The van der Waals surface area contributed by atoms with Crippen molar-refractivity contribution in [3.63, 3.8) is 0 Å². The number of para-hydroxylation sites is 1. The Morgan fingerprint density at radius 2 is 1.74 bits per heavy atom. The van der Waals surface area contributed by atoms with Gasteiger partial charge in [-0.3, -0.25) is 4.79 Å². The number of hydrogen-bond acceptors (Lipinski definition) is 2. The first-order chi connectivity index (χ1) is 13.3. The predicted octanol–water partition coefficient (Wildman–Crippen LogP) is 4.04. The van der Waals surface area contributed by atoms with Gasteiger partial charge in [0.15, 0.2) is 0 Å². The van der Waals surface area contributed by atoms with Crippen molar-refractivity contribution in [1.29, 1.82) is 0 Å². The van der Waals surface area contributed by atoms with Crippen LogP contribution in [0.1, 0.15) is 36.8 Å². The van der Waals surface area contributed by atoms with Gasteiger partial charge in [-0.15, -0.1) is 0 Å². The van der Waals surface area contributed by atoms with E-state index >= 15 is 0 Å². The van der Waals surface area contributed by atoms with E-state index in [1.807, 2.05) is 53.5 Å². The molecule has 4 nitrogen and oxygen atoms in total. The summed E-state index contributed by atoms with van der Waals surface area (Å²) in [4.78, 5) is 12.4. The van der Waals surface area contributed by atoms with E-state index in [9.17, 15) is 4.79 Å². The van der Waals surface area contributed by atoms with Crippen LogP contribution in [0.4, 0.5) is 0 Å². The number of carbonyl (C=O) groups excluding carboxylic acids is 1. The summed E-state index contributed by atoms with van der Waals surface area (Å²) in [5.74, 6) is 0.115. The molecule has 1 N–H and O–H groups in total. The zero-order chi connectivity index (χ0) is 18.5. The summed E-state index contributed by atoms with van der Waals surface area (Å²) < 4.78 is 1.85. The Hall–Kier alpha value is -2.88. The fourth-order valence-corrected chi connectivity index (χ4v) is 3.79. The second kappa shape index (κ2) is 7.78. The van der Waals surface area contributed by atoms with Gasteiger partial charge in [-0.25, -0.2) is 4.68 Å². The third kappa shape index (κ3) is 3.95. The third-order valence-electron chi connectivity index (χ3n) is 5.62. The Labute approximate surface area is 160 Å². The lowest BCUT2D eigenvalue weighted by atomic mass is 9.64. The molecular formula is C23H25N3O. The van der Waals surface area contributed by atoms with Crippen molar-refractivity contribution in [1.82, 2.24) is 15.1 Å². The lowest BCUT2D eigenvalue weighted by Crippen LogP contribution is -2.45. The number of nitrogens with one attached hydrogen (secondary N) is 1. The predicted molar refractivity (Wildman–Crippen MR) is 107 cm³/mol. The molecule has 4 rings (SSSR count). The molecule has 0 saturated heterocycles. The van der Waals surface area contributed by atoms with E-state index in [0.29, 0.717) is 12.8 Å². The molecule has 1 aliphatic carbocycles. The molecule has 1 amide bonds. The summed E-state index contributed by atoms with van der Waals surface area (Å²) in [6.07, 6.45) is 8.59. The van der Waals surface area contributed by atoms with Crippen molar-refractivity contribution in [3.05, 3.63) is 84.2 Å². The Morgan fingerprint density at radius 1 is 1.04 bits per heavy atom. The minimum absolute atomic E-state index is 0.115. The zero-order valence-corrected chi connectivity index (χ0v) is 15.5. The summed E-state index contributed by atoms with van der Waals surface area (Å²) >= 11 is 0. The van der Waals surface area contributed by atoms with Crippen LogP contribution in [0.2, 0.25) is 0 Å². The molecule has 1 aliphatic rings. The SMILES string of the molecule is O=C(CCc1cnn(-c2ccccc2)c1)NCC1(c2ccccc2)CCC1. The van der Waals surface area contributed by atoms with Crippen LogP contribution < -0.4 is 5.32 Å². The maximum atomic E-state index is 12.4. The normalized spacial score (nSPS) is 15.1. The molecule has 2 aromatic carbocycles. The molecule has 27 heavy (non-hydrogen) atoms. The first-order valence-corrected chi connectivity index (χ1v) is 9.66. The molecule has 1 fully saturated rings. The van der Waals surface area contributed by atoms with Crippen LogP contribution in [0.3, 0.4) is 0 Å². The smallest absolute Gasteiger partial charge is 0.220 e. The maximum Gasteiger partial charge on any atom is 0.220 e. The molecule has 0 spiro atoms. The van der Waals surface area contributed by atoms with Gasteiger partial charge in [0.25, 0.3) is 0 Å². The number of aromatic nitrogens is 2. The highest BCUT2D eigenvalue weighted by Crippen LogP contribution is 2.43. The van der Waals surface area contributed by atoms with Crippen LogP contribution >= 0.6 is 0 Å². The molecule has 1 heterocycles. The van der Waals surface area contributed by atoms with E-state index in [2.05, 4.69) is 34.7 Å². The van der Waals surface area contributed by atoms with Crippen LogP contribution in [0.25, 0.3) is 5.69 Å². The molecule has 0 radical (unpaired) electrons. The van der Waals surface area contributed by atoms with Crippen LogP contribution in [0.5, 0.6) is 0 Å². The second-order valence-corrected chi connectivity index (χ2v) is 7.41. The molecule has 1 aromatic heterocycles. The average Bonchev–Trinajstić information content (AvgIpc) is 3.16. The lowest BCUT2D eigenvalue weighted by Gasteiger charge is -2.42. The molecule has 4 heteroatoms. The number of nitrogens with zero attached hydrogens (tertiary/aromatic N) is 2. The highest BCUT2D eigenvalue weighted by molar-refractivity contribution is 5.76. The van der Waals surface area contributed by atoms with Gasteiger partial charge in [0.05, 0.1) is 11.9 Å². The van der Waals surface area contributed by atoms with Gasteiger partial charge in [-0.05, 0) is 42.5 Å². The highest BCUT2D eigenvalue weighted by Gasteiger charge is 2.38. The lowest BCUT2D eigenvalue weighted by molar-refractivity contribution is -0.121. The van der Waals surface area contributed by atoms with Gasteiger partial charge in [-0.1, -0.05) is 55.0 Å². The Balaban J connectivity index is 1.30. The molecular weight excluding hydrogens is 334 g/mol. The molecule has 0 aliphatic heterocycles. The monoisotopic (exact) mass is 359 g/mol. The number of benzene rings is 2. The van der Waals surface area contributed by atoms with Crippen LogP contribution in [0.15, 0.2) is 73.1 Å². The fraction of sp³-hybridized carbons (Fsp3) is 0.304. The van der Waals surface area contributed by atoms with Crippen LogP contribution in [0, 0.1) is 0 Å². The summed E-state index contributed by atoms with van der Waals surface area (Å²) in [6.45, 7) is 0.735. The molecule has 0 bridgehead atoms. The Morgan fingerprint density at radius 3 is 2.41 bits per heavy atom. The molecule has 138 valence electrons. The summed E-state index contributed by atoms with van der Waals surface area (Å²) in [5.41, 5.74) is 3.59. The molecule has 0 atom stereocenters. The highest BCUT2D eigenvalue weighted by atomic mass is 16.1. The van der Waals surface area contributed by atoms with Gasteiger partial charge in [-0.2, -0.15) is 5.10 Å². The summed E-state index contributed by atoms with van der Waals surface area (Å²) in [5, 5.41) is 7.56. The van der Waals surface area contributed by atoms with Crippen LogP contribution in [-0.2, 0) is 16.6 Å². The van der Waals surface area contributed by atoms with E-state index in [1.54, 1.807) is 0 Å². The maximum absolute atomic E-state index is 12.4. The first kappa shape index (κ1) is 17.5. The average molecular weight is 359 g/mol. The second-order valence-electron chi connectivity index (χ2n) is 7.41. The topological polar surface area (TPSA) is 46.9 Å². The Kier molecular flexibility index (Phi) is 5.05. The van der Waals surface area contributed by atoms with E-state index in [-0.39, 0.29) is 11.3 Å². The zero-order valence-electron chi connectivity index (χ0n) is 15.5.